The lowest BCUT2D eigenvalue weighted by Crippen LogP contribution is -2.41. The van der Waals surface area contributed by atoms with E-state index in [0.717, 1.165) is 0 Å². The second kappa shape index (κ2) is 6.86. The number of nitrogens with two attached hydrogens (primary N) is 1. The highest BCUT2D eigenvalue weighted by Gasteiger charge is 2.08. The number of benzene rings is 1. The third-order valence-electron chi connectivity index (χ3n) is 2.11. The Kier molecular flexibility index (Phi) is 5.43. The van der Waals surface area contributed by atoms with Crippen LogP contribution in [0.3, 0.4) is 0 Å². The van der Waals surface area contributed by atoms with Crippen LogP contribution >= 0.6 is 0 Å². The number of aliphatic hydroxyl groups excluding tert-OH is 1. The third-order valence-corrected chi connectivity index (χ3v) is 2.11. The van der Waals surface area contributed by atoms with Gasteiger partial charge in [0.15, 0.2) is 0 Å². The van der Waals surface area contributed by atoms with Crippen LogP contribution in [0.1, 0.15) is 12.5 Å². The van der Waals surface area contributed by atoms with Crippen molar-refractivity contribution in [1.82, 2.24) is 5.32 Å². The molecule has 0 saturated heterocycles. The summed E-state index contributed by atoms with van der Waals surface area (Å²) in [5.41, 5.74) is 5.95. The molecule has 1 rings (SSSR count). The van der Waals surface area contributed by atoms with E-state index in [1.54, 1.807) is 31.2 Å². The van der Waals surface area contributed by atoms with Crippen LogP contribution in [-0.4, -0.2) is 30.5 Å². The fourth-order valence-electron chi connectivity index (χ4n) is 1.25. The zero-order valence-corrected chi connectivity index (χ0v) is 9.76. The van der Waals surface area contributed by atoms with Crippen molar-refractivity contribution in [2.45, 2.75) is 19.2 Å². The van der Waals surface area contributed by atoms with Gasteiger partial charge in [-0.25, -0.2) is 0 Å². The maximum Gasteiger partial charge on any atom is 0.137 e. The third kappa shape index (κ3) is 4.83. The Morgan fingerprint density at radius 1 is 1.53 bits per heavy atom. The maximum absolute atomic E-state index is 9.60. The van der Waals surface area contributed by atoms with Gasteiger partial charge in [0.1, 0.15) is 24.5 Å². The second-order valence-corrected chi connectivity index (χ2v) is 3.77. The minimum atomic E-state index is -0.659. The first kappa shape index (κ1) is 13.5. The van der Waals surface area contributed by atoms with E-state index >= 15 is 0 Å². The van der Waals surface area contributed by atoms with Crippen molar-refractivity contribution < 1.29 is 9.84 Å². The number of hydrogen-bond acceptors (Lipinski definition) is 5. The van der Waals surface area contributed by atoms with Crippen LogP contribution in [0.4, 0.5) is 0 Å². The number of aliphatic hydroxyl groups is 1. The fourth-order valence-corrected chi connectivity index (χ4v) is 1.25. The molecule has 4 N–H and O–H groups in total. The van der Waals surface area contributed by atoms with E-state index in [2.05, 4.69) is 5.32 Å². The van der Waals surface area contributed by atoms with Gasteiger partial charge in [0, 0.05) is 6.54 Å². The van der Waals surface area contributed by atoms with Gasteiger partial charge < -0.3 is 15.6 Å². The molecule has 0 fully saturated rings. The highest BCUT2D eigenvalue weighted by molar-refractivity contribution is 5.42. The van der Waals surface area contributed by atoms with Gasteiger partial charge in [-0.05, 0) is 19.1 Å². The Morgan fingerprint density at radius 2 is 2.24 bits per heavy atom. The minimum absolute atomic E-state index is 0.123. The lowest BCUT2D eigenvalue weighted by Gasteiger charge is -2.15. The molecule has 0 aliphatic carbocycles. The van der Waals surface area contributed by atoms with Crippen LogP contribution in [0.5, 0.6) is 5.75 Å². The van der Waals surface area contributed by atoms with Crippen molar-refractivity contribution in [3.63, 3.8) is 0 Å². The van der Waals surface area contributed by atoms with Gasteiger partial charge in [-0.1, -0.05) is 12.1 Å². The maximum atomic E-state index is 9.60. The molecule has 0 aliphatic rings. The lowest BCUT2D eigenvalue weighted by atomic mass is 10.2. The zero-order chi connectivity index (χ0) is 12.7. The molecule has 1 aromatic carbocycles. The lowest BCUT2D eigenvalue weighted by molar-refractivity contribution is 0.104. The van der Waals surface area contributed by atoms with E-state index in [-0.39, 0.29) is 12.8 Å². The molecule has 0 radical (unpaired) electrons. The average molecular weight is 235 g/mol. The highest BCUT2D eigenvalue weighted by Crippen LogP contribution is 2.16. The monoisotopic (exact) mass is 235 g/mol. The van der Waals surface area contributed by atoms with E-state index in [4.69, 9.17) is 15.7 Å². The number of nitriles is 1. The van der Waals surface area contributed by atoms with Gasteiger partial charge in [-0.3, -0.25) is 5.32 Å². The van der Waals surface area contributed by atoms with Gasteiger partial charge in [0.2, 0.25) is 0 Å². The largest absolute Gasteiger partial charge is 0.489 e. The summed E-state index contributed by atoms with van der Waals surface area (Å²) in [5.74, 6) is 0.481. The predicted molar refractivity (Wildman–Crippen MR) is 64.3 cm³/mol. The molecule has 5 nitrogen and oxygen atoms in total. The van der Waals surface area contributed by atoms with Crippen LogP contribution in [0, 0.1) is 11.3 Å². The summed E-state index contributed by atoms with van der Waals surface area (Å²) in [6, 6.07) is 8.94. The second-order valence-electron chi connectivity index (χ2n) is 3.77. The van der Waals surface area contributed by atoms with Crippen molar-refractivity contribution >= 4 is 0 Å². The summed E-state index contributed by atoms with van der Waals surface area (Å²) in [4.78, 5) is 0. The van der Waals surface area contributed by atoms with E-state index < -0.39 is 6.10 Å². The number of rotatable bonds is 6. The van der Waals surface area contributed by atoms with E-state index in [1.807, 2.05) is 6.07 Å². The highest BCUT2D eigenvalue weighted by atomic mass is 16.5. The summed E-state index contributed by atoms with van der Waals surface area (Å²) in [6.07, 6.45) is -0.830. The molecule has 0 aromatic heterocycles. The zero-order valence-electron chi connectivity index (χ0n) is 9.76. The summed E-state index contributed by atoms with van der Waals surface area (Å²) >= 11 is 0. The van der Waals surface area contributed by atoms with Crippen molar-refractivity contribution in [3.8, 4) is 11.8 Å². The molecule has 0 amide bonds. The number of para-hydroxylation sites is 1. The van der Waals surface area contributed by atoms with Gasteiger partial charge in [0.25, 0.3) is 0 Å². The van der Waals surface area contributed by atoms with Crippen LogP contribution in [0.25, 0.3) is 0 Å². The molecule has 1 aromatic rings. The van der Waals surface area contributed by atoms with Crippen LogP contribution < -0.4 is 15.8 Å². The molecule has 92 valence electrons. The first-order valence-electron chi connectivity index (χ1n) is 5.42. The average Bonchev–Trinajstić information content (AvgIpc) is 2.34. The molecule has 0 bridgehead atoms. The first-order valence-corrected chi connectivity index (χ1v) is 5.42. The topological polar surface area (TPSA) is 91.3 Å². The van der Waals surface area contributed by atoms with Crippen LogP contribution in [-0.2, 0) is 0 Å². The van der Waals surface area contributed by atoms with Gasteiger partial charge in [-0.2, -0.15) is 5.26 Å². The Labute approximate surface area is 101 Å². The summed E-state index contributed by atoms with van der Waals surface area (Å²) in [5, 5.41) is 21.3. The fraction of sp³-hybridized carbons (Fsp3) is 0.417. The molecule has 0 aliphatic heterocycles. The number of ether oxygens (including phenoxy) is 1. The van der Waals surface area contributed by atoms with Gasteiger partial charge >= 0.3 is 0 Å². The first-order chi connectivity index (χ1) is 8.13. The molecule has 0 saturated carbocycles. The number of nitrogens with one attached hydrogen (secondary N) is 1. The van der Waals surface area contributed by atoms with Crippen molar-refractivity contribution in [2.75, 3.05) is 13.2 Å². The Hall–Kier alpha value is -1.61. The molecular formula is C12H17N3O2. The number of nitrogens with zero attached hydrogens (tertiary/aromatic N) is 1. The SMILES string of the molecule is CC(N)NCC(O)COc1ccccc1C#N. The molecule has 0 spiro atoms. The molecule has 2 unspecified atom stereocenters. The molecular weight excluding hydrogens is 218 g/mol. The van der Waals surface area contributed by atoms with Crippen LogP contribution in [0.2, 0.25) is 0 Å². The van der Waals surface area contributed by atoms with E-state index in [0.29, 0.717) is 17.9 Å². The van der Waals surface area contributed by atoms with Gasteiger partial charge in [0.05, 0.1) is 11.7 Å². The molecule has 2 atom stereocenters. The Balaban J connectivity index is 2.42. The van der Waals surface area contributed by atoms with E-state index in [9.17, 15) is 5.11 Å². The summed E-state index contributed by atoms with van der Waals surface area (Å²) < 4.78 is 5.37. The minimum Gasteiger partial charge on any atom is -0.489 e. The van der Waals surface area contributed by atoms with Crippen LogP contribution in [0.15, 0.2) is 24.3 Å². The quantitative estimate of drug-likeness (QED) is 0.612. The van der Waals surface area contributed by atoms with E-state index in [1.165, 1.54) is 0 Å². The van der Waals surface area contributed by atoms with Crippen molar-refractivity contribution in [2.24, 2.45) is 5.73 Å². The summed E-state index contributed by atoms with van der Waals surface area (Å²) in [6.45, 7) is 2.27. The Morgan fingerprint density at radius 3 is 2.88 bits per heavy atom. The normalized spacial score (nSPS) is 13.8. The molecule has 17 heavy (non-hydrogen) atoms. The standard InChI is InChI=1S/C12H17N3O2/c1-9(14)15-7-11(16)8-17-12-5-3-2-4-10(12)6-13/h2-5,9,11,15-16H,7-8,14H2,1H3. The van der Waals surface area contributed by atoms with Crippen molar-refractivity contribution in [3.05, 3.63) is 29.8 Å². The predicted octanol–water partition coefficient (Wildman–Crippen LogP) is 0.192. The Bertz CT molecular complexity index is 388. The smallest absolute Gasteiger partial charge is 0.137 e. The molecule has 0 heterocycles. The van der Waals surface area contributed by atoms with Crippen molar-refractivity contribution in [1.29, 1.82) is 5.26 Å². The van der Waals surface area contributed by atoms with Gasteiger partial charge in [-0.15, -0.1) is 0 Å². The molecule has 5 heteroatoms. The summed E-state index contributed by atoms with van der Waals surface area (Å²) in [7, 11) is 0. The number of hydrogen-bond donors (Lipinski definition) is 3.